The number of carbonyl (C=O) groups excluding carboxylic acids is 4. The third kappa shape index (κ3) is 7.01. The fourth-order valence-electron chi connectivity index (χ4n) is 10.7. The van der Waals surface area contributed by atoms with Gasteiger partial charge in [0.2, 0.25) is 17.7 Å². The Balaban J connectivity index is 0.775. The van der Waals surface area contributed by atoms with Gasteiger partial charge in [-0.25, -0.2) is 17.6 Å². The number of H-pyrrole nitrogens is 1. The highest BCUT2D eigenvalue weighted by atomic mass is 19.3. The van der Waals surface area contributed by atoms with Crippen LogP contribution >= 0.6 is 0 Å². The monoisotopic (exact) mass is 841 g/mol. The normalized spacial score (nSPS) is 24.8. The molecule has 6 aliphatic rings. The fourth-order valence-corrected chi connectivity index (χ4v) is 10.7. The summed E-state index contributed by atoms with van der Waals surface area (Å²) in [6.07, 6.45) is -0.675. The van der Waals surface area contributed by atoms with Crippen molar-refractivity contribution in [1.82, 2.24) is 29.9 Å². The SMILES string of the molecule is C[C@@H]1Cc2c([nH]c3ccccc23)[C@@H](c2c(F)cc(C3CCN(C(=O)CN4CCN5c6cc7c(cc6OC[C@@H]5C4)C(=O)N(C4CCC(=O)NC4=O)C7)CC3)cc2F)N1CC(F)F. The van der Waals surface area contributed by atoms with Gasteiger partial charge in [0.15, 0.2) is 0 Å². The molecule has 4 amide bonds. The van der Waals surface area contributed by atoms with Crippen LogP contribution in [-0.4, -0.2) is 125 Å². The second-order valence-corrected chi connectivity index (χ2v) is 17.4. The van der Waals surface area contributed by atoms with Crippen molar-refractivity contribution in [3.05, 3.63) is 93.7 Å². The molecule has 0 aliphatic carbocycles. The lowest BCUT2D eigenvalue weighted by molar-refractivity contribution is -0.137. The van der Waals surface area contributed by atoms with Crippen molar-refractivity contribution in [2.75, 3.05) is 57.3 Å². The van der Waals surface area contributed by atoms with Crippen molar-refractivity contribution in [2.45, 2.75) is 82.1 Å². The van der Waals surface area contributed by atoms with E-state index >= 15 is 8.78 Å². The highest BCUT2D eigenvalue weighted by Crippen LogP contribution is 2.44. The number of piperidine rings is 2. The number of piperazine rings is 1. The summed E-state index contributed by atoms with van der Waals surface area (Å²) in [5.41, 5.74) is 4.67. The Morgan fingerprint density at radius 2 is 1.72 bits per heavy atom. The minimum Gasteiger partial charge on any atom is -0.489 e. The first kappa shape index (κ1) is 39.6. The Bertz CT molecular complexity index is 2430. The molecular formula is C45H47F4N7O5. The first-order chi connectivity index (χ1) is 29.4. The van der Waals surface area contributed by atoms with E-state index in [1.807, 2.05) is 42.2 Å². The Labute approximate surface area is 349 Å². The van der Waals surface area contributed by atoms with Gasteiger partial charge < -0.3 is 24.4 Å². The summed E-state index contributed by atoms with van der Waals surface area (Å²) < 4.78 is 66.6. The molecule has 7 heterocycles. The number of imide groups is 1. The fraction of sp³-hybridized carbons (Fsp3) is 0.467. The zero-order chi connectivity index (χ0) is 42.3. The van der Waals surface area contributed by atoms with Gasteiger partial charge in [0.05, 0.1) is 30.9 Å². The van der Waals surface area contributed by atoms with Gasteiger partial charge in [-0.3, -0.25) is 34.3 Å². The number of rotatable bonds is 7. The molecule has 4 atom stereocenters. The van der Waals surface area contributed by atoms with Crippen LogP contribution in [0.25, 0.3) is 10.9 Å². The number of benzene rings is 3. The molecule has 16 heteroatoms. The number of likely N-dealkylation sites (tertiary alicyclic amines) is 1. The zero-order valence-electron chi connectivity index (χ0n) is 33.8. The average molecular weight is 842 g/mol. The number of nitrogens with one attached hydrogen (secondary N) is 2. The molecule has 0 spiro atoms. The number of para-hydroxylation sites is 1. The van der Waals surface area contributed by atoms with Crippen molar-refractivity contribution in [3.8, 4) is 5.75 Å². The molecule has 2 N–H and O–H groups in total. The van der Waals surface area contributed by atoms with Crippen LogP contribution in [0.15, 0.2) is 48.5 Å². The number of hydrogen-bond donors (Lipinski definition) is 2. The Morgan fingerprint density at radius 3 is 2.48 bits per heavy atom. The molecule has 4 aromatic rings. The van der Waals surface area contributed by atoms with E-state index in [9.17, 15) is 28.0 Å². The van der Waals surface area contributed by atoms with Crippen molar-refractivity contribution >= 4 is 40.2 Å². The van der Waals surface area contributed by atoms with Crippen LogP contribution < -0.4 is 15.0 Å². The summed E-state index contributed by atoms with van der Waals surface area (Å²) in [5.74, 6) is -2.15. The molecule has 3 aromatic carbocycles. The summed E-state index contributed by atoms with van der Waals surface area (Å²) in [4.78, 5) is 63.8. The summed E-state index contributed by atoms with van der Waals surface area (Å²) in [7, 11) is 0. The van der Waals surface area contributed by atoms with E-state index in [2.05, 4.69) is 20.1 Å². The number of ether oxygens (including phenoxy) is 1. The number of nitrogens with zero attached hydrogens (tertiary/aromatic N) is 5. The molecule has 1 aromatic heterocycles. The Kier molecular flexibility index (Phi) is 10.0. The average Bonchev–Trinajstić information content (AvgIpc) is 3.76. The molecule has 3 fully saturated rings. The van der Waals surface area contributed by atoms with E-state index in [0.717, 1.165) is 27.7 Å². The third-order valence-corrected chi connectivity index (χ3v) is 13.8. The van der Waals surface area contributed by atoms with E-state index in [4.69, 9.17) is 4.74 Å². The molecule has 12 nitrogen and oxygen atoms in total. The van der Waals surface area contributed by atoms with Crippen LogP contribution in [-0.2, 0) is 27.3 Å². The number of carbonyl (C=O) groups is 4. The van der Waals surface area contributed by atoms with Crippen LogP contribution in [0.3, 0.4) is 0 Å². The van der Waals surface area contributed by atoms with E-state index in [-0.39, 0.29) is 67.2 Å². The number of hydrogen-bond acceptors (Lipinski definition) is 8. The maximum Gasteiger partial charge on any atom is 0.255 e. The van der Waals surface area contributed by atoms with Crippen molar-refractivity contribution in [3.63, 3.8) is 0 Å². The lowest BCUT2D eigenvalue weighted by Gasteiger charge is -2.46. The Morgan fingerprint density at radius 1 is 0.951 bits per heavy atom. The largest absolute Gasteiger partial charge is 0.489 e. The van der Waals surface area contributed by atoms with Crippen LogP contribution in [0.2, 0.25) is 0 Å². The number of aromatic amines is 1. The molecule has 6 aliphatic heterocycles. The van der Waals surface area contributed by atoms with Gasteiger partial charge in [0.25, 0.3) is 12.3 Å². The lowest BCUT2D eigenvalue weighted by Crippen LogP contribution is -2.58. The zero-order valence-corrected chi connectivity index (χ0v) is 33.8. The van der Waals surface area contributed by atoms with Crippen LogP contribution in [0.4, 0.5) is 23.2 Å². The molecule has 0 bridgehead atoms. The number of amides is 4. The third-order valence-electron chi connectivity index (χ3n) is 13.8. The van der Waals surface area contributed by atoms with Gasteiger partial charge in [-0.2, -0.15) is 0 Å². The molecular weight excluding hydrogens is 795 g/mol. The van der Waals surface area contributed by atoms with Gasteiger partial charge >= 0.3 is 0 Å². The minimum atomic E-state index is -2.68. The second kappa shape index (κ2) is 15.5. The van der Waals surface area contributed by atoms with Crippen molar-refractivity contribution in [1.29, 1.82) is 0 Å². The van der Waals surface area contributed by atoms with E-state index in [0.29, 0.717) is 81.2 Å². The molecule has 320 valence electrons. The highest BCUT2D eigenvalue weighted by Gasteiger charge is 2.43. The number of aromatic nitrogens is 1. The van der Waals surface area contributed by atoms with E-state index in [1.54, 1.807) is 6.07 Å². The minimum absolute atomic E-state index is 0.0127. The molecule has 0 radical (unpaired) electrons. The Hall–Kier alpha value is -5.48. The number of anilines is 1. The highest BCUT2D eigenvalue weighted by molar-refractivity contribution is 6.06. The van der Waals surface area contributed by atoms with Gasteiger partial charge in [-0.15, -0.1) is 0 Å². The second-order valence-electron chi connectivity index (χ2n) is 17.4. The van der Waals surface area contributed by atoms with Crippen molar-refractivity contribution < 1.29 is 41.5 Å². The maximum absolute atomic E-state index is 16.3. The van der Waals surface area contributed by atoms with Crippen LogP contribution in [0.1, 0.15) is 82.9 Å². The molecule has 10 rings (SSSR count). The summed E-state index contributed by atoms with van der Waals surface area (Å²) in [6.45, 7) is 4.84. The molecule has 0 saturated carbocycles. The molecule has 61 heavy (non-hydrogen) atoms. The predicted molar refractivity (Wildman–Crippen MR) is 216 cm³/mol. The first-order valence-electron chi connectivity index (χ1n) is 21.2. The molecule has 1 unspecified atom stereocenters. The topological polar surface area (TPSA) is 122 Å². The van der Waals surface area contributed by atoms with Crippen molar-refractivity contribution in [2.24, 2.45) is 0 Å². The summed E-state index contributed by atoms with van der Waals surface area (Å²) >= 11 is 0. The maximum atomic E-state index is 16.3. The van der Waals surface area contributed by atoms with Gasteiger partial charge in [-0.05, 0) is 85.5 Å². The standard InChI is InChI=1S/C45H47F4N7O5/c1-24-14-31-29-4-2-3-5-34(29)50-42(31)43(55(24)21-38(48)49)41-32(46)15-26(16-33(41)47)25-8-10-53(11-9-25)40(58)22-52-12-13-54-28(20-52)23-61-37-18-30-27(17-36(37)54)19-56(45(30)60)35-6-7-39(57)51-44(35)59/h2-5,15-18,24-25,28,35,38,43,50H,6-14,19-23H2,1H3,(H,51,57,59)/t24-,28+,35?,43-/m1/s1. The van der Waals surface area contributed by atoms with Crippen LogP contribution in [0, 0.1) is 11.6 Å². The predicted octanol–water partition coefficient (Wildman–Crippen LogP) is 5.10. The van der Waals surface area contributed by atoms with Crippen LogP contribution in [0.5, 0.6) is 5.75 Å². The number of fused-ring (bicyclic) bond motifs is 7. The quantitative estimate of drug-likeness (QED) is 0.195. The number of alkyl halides is 2. The van der Waals surface area contributed by atoms with Gasteiger partial charge in [0, 0.05) is 79.5 Å². The van der Waals surface area contributed by atoms with Gasteiger partial charge in [0.1, 0.15) is 30.0 Å². The van der Waals surface area contributed by atoms with E-state index < -0.39 is 42.6 Å². The lowest BCUT2D eigenvalue weighted by atomic mass is 9.85. The summed E-state index contributed by atoms with van der Waals surface area (Å²) in [6, 6.07) is 11.9. The van der Waals surface area contributed by atoms with E-state index in [1.165, 1.54) is 21.9 Å². The number of halogens is 4. The smallest absolute Gasteiger partial charge is 0.255 e. The summed E-state index contributed by atoms with van der Waals surface area (Å²) in [5, 5.41) is 3.26. The van der Waals surface area contributed by atoms with Gasteiger partial charge in [-0.1, -0.05) is 18.2 Å². The molecule has 3 saturated heterocycles. The first-order valence-corrected chi connectivity index (χ1v) is 21.2.